The van der Waals surface area contributed by atoms with Crippen molar-refractivity contribution < 1.29 is 27.6 Å². The lowest BCUT2D eigenvalue weighted by molar-refractivity contribution is -0.117. The summed E-state index contributed by atoms with van der Waals surface area (Å²) < 4.78 is 30.7. The van der Waals surface area contributed by atoms with Crippen LogP contribution in [0.5, 0.6) is 0 Å². The number of aryl methyl sites for hydroxylation is 2. The number of thioether (sulfide) groups is 1. The second-order valence-electron chi connectivity index (χ2n) is 23.6. The number of nitrogens with zero attached hydrogens (tertiary/aromatic N) is 10. The van der Waals surface area contributed by atoms with E-state index >= 15 is 0 Å². The van der Waals surface area contributed by atoms with Crippen LogP contribution in [0, 0.1) is 13.8 Å². The normalized spacial score (nSPS) is 12.2. The van der Waals surface area contributed by atoms with Crippen LogP contribution in [-0.2, 0) is 55.2 Å². The number of para-hydroxylation sites is 8. The van der Waals surface area contributed by atoms with Gasteiger partial charge in [0, 0.05) is 74.8 Å². The maximum absolute atomic E-state index is 12.7. The van der Waals surface area contributed by atoms with E-state index in [1.165, 1.54) is 17.7 Å². The zero-order chi connectivity index (χ0) is 71.3. The molecule has 512 valence electrons. The number of nitrogens with one attached hydrogen (secondary N) is 4. The number of benzene rings is 9. The quantitative estimate of drug-likeness (QED) is 0.0624. The molecule has 0 unspecified atom stereocenters. The number of aromatic nitrogens is 8. The first-order valence-corrected chi connectivity index (χ1v) is 36.2. The minimum Gasteiger partial charge on any atom is -0.325 e. The fraction of sp³-hybridized carbons (Fsp3) is 0.128. The molecule has 20 nitrogen and oxygen atoms in total. The molecule has 4 N–H and O–H groups in total. The van der Waals surface area contributed by atoms with Gasteiger partial charge in [-0.05, 0) is 178 Å². The number of hydrogen-bond acceptors (Lipinski definition) is 13. The Morgan fingerprint density at radius 1 is 0.422 bits per heavy atom. The average molecular weight is 1430 g/mol. The molecule has 0 spiro atoms. The lowest BCUT2D eigenvalue weighted by atomic mass is 10.1. The Morgan fingerprint density at radius 3 is 1.13 bits per heavy atom. The fourth-order valence-electron chi connectivity index (χ4n) is 11.4. The second kappa shape index (κ2) is 32.2. The van der Waals surface area contributed by atoms with Crippen molar-refractivity contribution in [3.63, 3.8) is 0 Å². The highest BCUT2D eigenvalue weighted by molar-refractivity contribution is 7.98. The number of anilines is 4. The van der Waals surface area contributed by atoms with Crippen LogP contribution >= 0.6 is 35.0 Å². The summed E-state index contributed by atoms with van der Waals surface area (Å²) in [5.41, 5.74) is 13.6. The number of carbonyl (C=O) groups is 4. The molecular formula is C78H68Cl2N14O6S2. The molecule has 0 saturated heterocycles. The number of carbonyl (C=O) groups excluding carboxylic acids is 4. The van der Waals surface area contributed by atoms with Crippen molar-refractivity contribution in [1.82, 2.24) is 38.2 Å². The summed E-state index contributed by atoms with van der Waals surface area (Å²) in [5.74, 6) is 2.45. The van der Waals surface area contributed by atoms with E-state index in [0.717, 1.165) is 114 Å². The minimum atomic E-state index is -3.27. The van der Waals surface area contributed by atoms with Crippen molar-refractivity contribution in [3.8, 4) is 11.4 Å². The van der Waals surface area contributed by atoms with Gasteiger partial charge in [-0.15, -0.1) is 11.8 Å². The Bertz CT molecular complexity index is 5490. The average Bonchev–Trinajstić information content (AvgIpc) is 1.65. The summed E-state index contributed by atoms with van der Waals surface area (Å²) in [6.45, 7) is 4.60. The standard InChI is InChI=1S/C22H18ClN3O.C20H18N4O3S.C20H18N4OS.C16H14ClN3O/c1-15-6-8-16(9-7-15)22-25-19-4-2-3-5-20(19)26(22)14-21(27)24-18-12-10-17(23)11-13-18;1-28(26,27)15-10-8-14(9-11-15)22-19(25)13-24-18-7-3-2-5-16(18)23-20(24)17-6-4-12-21-17;1-26-15-10-8-14(9-11-15)22-19(25)13-24-18-7-3-2-5-16(18)23-20(24)17-6-4-12-21-17;1-11-18-14-4-2-3-5-15(14)20(11)10-16(21)19-13-8-6-12(17)7-9-13/h2-13H,14H2,1H3,(H,24,27);2-3,5-12H,4,13H2,1H3,(H,22,25);2-3,5-12H,4,13H2,1H3,(H,22,25);2-9H,10H2,1H3,(H,19,21). The van der Waals surface area contributed by atoms with Gasteiger partial charge in [-0.3, -0.25) is 29.2 Å². The molecule has 2 aliphatic heterocycles. The maximum Gasteiger partial charge on any atom is 0.244 e. The van der Waals surface area contributed by atoms with Crippen molar-refractivity contribution in [2.24, 2.45) is 9.98 Å². The van der Waals surface area contributed by atoms with Crippen molar-refractivity contribution >= 4 is 159 Å². The Labute approximate surface area is 602 Å². The Morgan fingerprint density at radius 2 is 0.755 bits per heavy atom. The first kappa shape index (κ1) is 70.3. The van der Waals surface area contributed by atoms with Crippen LogP contribution in [0.2, 0.25) is 10.0 Å². The van der Waals surface area contributed by atoms with Gasteiger partial charge >= 0.3 is 0 Å². The number of aliphatic imine (C=N–C) groups is 2. The molecule has 0 saturated carbocycles. The monoisotopic (exact) mass is 1430 g/mol. The van der Waals surface area contributed by atoms with Gasteiger partial charge in [-0.1, -0.05) is 102 Å². The molecular weight excluding hydrogens is 1360 g/mol. The van der Waals surface area contributed by atoms with Crippen LogP contribution in [0.3, 0.4) is 0 Å². The van der Waals surface area contributed by atoms with E-state index in [1.807, 2.05) is 209 Å². The van der Waals surface area contributed by atoms with Gasteiger partial charge in [0.2, 0.25) is 23.6 Å². The number of halogens is 2. The predicted molar refractivity (Wildman–Crippen MR) is 411 cm³/mol. The number of rotatable bonds is 17. The first-order chi connectivity index (χ1) is 49.4. The summed E-state index contributed by atoms with van der Waals surface area (Å²) in [6.07, 6.45) is 12.4. The zero-order valence-corrected chi connectivity index (χ0v) is 59.0. The largest absolute Gasteiger partial charge is 0.325 e. The molecule has 15 rings (SSSR count). The number of amides is 4. The highest BCUT2D eigenvalue weighted by Gasteiger charge is 2.21. The third-order valence-corrected chi connectivity index (χ3v) is 18.6. The topological polar surface area (TPSA) is 247 Å². The van der Waals surface area contributed by atoms with Crippen LogP contribution in [0.15, 0.2) is 250 Å². The van der Waals surface area contributed by atoms with E-state index in [-0.39, 0.29) is 54.7 Å². The number of hydrogen-bond donors (Lipinski definition) is 4. The molecule has 9 aromatic carbocycles. The molecule has 13 aromatic rings. The predicted octanol–water partition coefficient (Wildman–Crippen LogP) is 16.0. The van der Waals surface area contributed by atoms with Crippen LogP contribution in [-0.4, -0.2) is 95.2 Å². The van der Waals surface area contributed by atoms with Crippen molar-refractivity contribution in [2.75, 3.05) is 33.8 Å². The number of fused-ring (bicyclic) bond motifs is 4. The van der Waals surface area contributed by atoms with Gasteiger partial charge in [0.15, 0.2) is 21.5 Å². The third kappa shape index (κ3) is 17.5. The number of sulfone groups is 1. The number of imidazole rings is 4. The van der Waals surface area contributed by atoms with E-state index in [9.17, 15) is 27.6 Å². The molecule has 4 amide bonds. The Hall–Kier alpha value is -11.6. The van der Waals surface area contributed by atoms with Crippen LogP contribution in [0.4, 0.5) is 22.7 Å². The molecule has 6 heterocycles. The molecule has 24 heteroatoms. The smallest absolute Gasteiger partial charge is 0.244 e. The van der Waals surface area contributed by atoms with Gasteiger partial charge < -0.3 is 39.5 Å². The molecule has 0 fully saturated rings. The molecule has 0 radical (unpaired) electrons. The van der Waals surface area contributed by atoms with E-state index in [4.69, 9.17) is 28.2 Å². The molecule has 4 aromatic heterocycles. The fourth-order valence-corrected chi connectivity index (χ4v) is 12.6. The SMILES string of the molecule is CS(=O)(=O)c1ccc(NC(=O)Cn2c(C3=CCC=N3)nc3ccccc32)cc1.CSc1ccc(NC(=O)Cn2c(C3=CCC=N3)nc3ccccc32)cc1.Cc1ccc(-c2nc3ccccc3n2CC(=O)Nc2ccc(Cl)cc2)cc1.Cc1nc2ccccc2n1CC(=O)Nc1ccc(Cl)cc1. The Balaban J connectivity index is 0.000000129. The zero-order valence-electron chi connectivity index (χ0n) is 55.8. The third-order valence-electron chi connectivity index (χ3n) is 16.3. The maximum atomic E-state index is 12.7. The summed E-state index contributed by atoms with van der Waals surface area (Å²) in [5, 5.41) is 12.8. The molecule has 0 bridgehead atoms. The summed E-state index contributed by atoms with van der Waals surface area (Å²) >= 11 is 13.4. The van der Waals surface area contributed by atoms with Gasteiger partial charge in [0.1, 0.15) is 49.2 Å². The van der Waals surface area contributed by atoms with Crippen LogP contribution < -0.4 is 21.3 Å². The Kier molecular flexibility index (Phi) is 22.2. The summed E-state index contributed by atoms with van der Waals surface area (Å²) in [4.78, 5) is 78.7. The van der Waals surface area contributed by atoms with Crippen LogP contribution in [0.1, 0.15) is 35.9 Å². The van der Waals surface area contributed by atoms with E-state index in [1.54, 1.807) is 72.4 Å². The molecule has 0 aliphatic carbocycles. The second-order valence-corrected chi connectivity index (χ2v) is 27.4. The van der Waals surface area contributed by atoms with Crippen LogP contribution in [0.25, 0.3) is 66.9 Å². The van der Waals surface area contributed by atoms with E-state index in [2.05, 4.69) is 46.2 Å². The number of allylic oxidation sites excluding steroid dienone is 2. The lowest BCUT2D eigenvalue weighted by Gasteiger charge is -2.10. The highest BCUT2D eigenvalue weighted by atomic mass is 35.5. The lowest BCUT2D eigenvalue weighted by Crippen LogP contribution is -2.20. The molecule has 0 atom stereocenters. The van der Waals surface area contributed by atoms with Gasteiger partial charge in [0.05, 0.1) is 49.0 Å². The minimum absolute atomic E-state index is 0.0660. The van der Waals surface area contributed by atoms with Crippen molar-refractivity contribution in [2.45, 2.75) is 62.7 Å². The van der Waals surface area contributed by atoms with E-state index in [0.29, 0.717) is 27.2 Å². The van der Waals surface area contributed by atoms with E-state index < -0.39 is 9.84 Å². The van der Waals surface area contributed by atoms with Gasteiger partial charge in [0.25, 0.3) is 0 Å². The molecule has 102 heavy (non-hydrogen) atoms. The van der Waals surface area contributed by atoms with Crippen molar-refractivity contribution in [3.05, 3.63) is 264 Å². The van der Waals surface area contributed by atoms with Gasteiger partial charge in [-0.25, -0.2) is 28.4 Å². The first-order valence-electron chi connectivity index (χ1n) is 32.3. The summed E-state index contributed by atoms with van der Waals surface area (Å²) in [6, 6.07) is 67.3. The summed E-state index contributed by atoms with van der Waals surface area (Å²) in [7, 11) is -3.27. The van der Waals surface area contributed by atoms with Gasteiger partial charge in [-0.2, -0.15) is 0 Å². The molecule has 2 aliphatic rings. The van der Waals surface area contributed by atoms with Crippen molar-refractivity contribution in [1.29, 1.82) is 0 Å². The highest BCUT2D eigenvalue weighted by Crippen LogP contribution is 2.30.